The Bertz CT molecular complexity index is 359. The highest BCUT2D eigenvalue weighted by Crippen LogP contribution is 2.16. The van der Waals surface area contributed by atoms with E-state index in [1.807, 2.05) is 15.8 Å². The van der Waals surface area contributed by atoms with E-state index >= 15 is 0 Å². The third-order valence-electron chi connectivity index (χ3n) is 2.78. The van der Waals surface area contributed by atoms with Gasteiger partial charge in [-0.2, -0.15) is 5.10 Å². The quantitative estimate of drug-likeness (QED) is 0.780. The second-order valence-electron chi connectivity index (χ2n) is 3.80. The number of nitrogens with zero attached hydrogens (tertiary/aromatic N) is 3. The average molecular weight is 209 g/mol. The van der Waals surface area contributed by atoms with Crippen molar-refractivity contribution in [3.05, 3.63) is 17.5 Å². The number of hydrogen-bond donors (Lipinski definition) is 1. The van der Waals surface area contributed by atoms with Crippen molar-refractivity contribution < 1.29 is 9.90 Å². The van der Waals surface area contributed by atoms with Gasteiger partial charge in [-0.1, -0.05) is 6.92 Å². The summed E-state index contributed by atoms with van der Waals surface area (Å²) in [7, 11) is 0. The summed E-state index contributed by atoms with van der Waals surface area (Å²) in [4.78, 5) is 12.6. The highest BCUT2D eigenvalue weighted by atomic mass is 16.4. The van der Waals surface area contributed by atoms with Crippen LogP contribution in [0, 0.1) is 0 Å². The Balaban J connectivity index is 2.13. The van der Waals surface area contributed by atoms with Gasteiger partial charge < -0.3 is 5.11 Å². The molecule has 0 radical (unpaired) electrons. The SMILES string of the molecule is CCc1cnn2c1CN(CC(=O)O)CC2. The minimum Gasteiger partial charge on any atom is -0.480 e. The smallest absolute Gasteiger partial charge is 0.317 e. The van der Waals surface area contributed by atoms with E-state index in [9.17, 15) is 4.79 Å². The van der Waals surface area contributed by atoms with Gasteiger partial charge in [0.2, 0.25) is 0 Å². The maximum atomic E-state index is 10.6. The fourth-order valence-electron chi connectivity index (χ4n) is 1.97. The van der Waals surface area contributed by atoms with Gasteiger partial charge in [0.05, 0.1) is 25.0 Å². The van der Waals surface area contributed by atoms with Gasteiger partial charge in [0.1, 0.15) is 0 Å². The van der Waals surface area contributed by atoms with Crippen molar-refractivity contribution in [1.29, 1.82) is 0 Å². The number of aryl methyl sites for hydroxylation is 1. The molecule has 1 aliphatic heterocycles. The summed E-state index contributed by atoms with van der Waals surface area (Å²) in [5.41, 5.74) is 2.40. The molecule has 5 heteroatoms. The summed E-state index contributed by atoms with van der Waals surface area (Å²) in [6, 6.07) is 0. The molecule has 0 atom stereocenters. The number of carboxylic acid groups (broad SMARTS) is 1. The van der Waals surface area contributed by atoms with Gasteiger partial charge in [-0.3, -0.25) is 14.4 Å². The van der Waals surface area contributed by atoms with Crippen LogP contribution < -0.4 is 0 Å². The summed E-state index contributed by atoms with van der Waals surface area (Å²) in [5, 5.41) is 13.0. The predicted octanol–water partition coefficient (Wildman–Crippen LogP) is 0.346. The molecule has 1 aromatic rings. The number of fused-ring (bicyclic) bond motifs is 1. The van der Waals surface area contributed by atoms with Crippen LogP contribution in [0.4, 0.5) is 0 Å². The fraction of sp³-hybridized carbons (Fsp3) is 0.600. The molecule has 15 heavy (non-hydrogen) atoms. The van der Waals surface area contributed by atoms with Gasteiger partial charge in [-0.05, 0) is 12.0 Å². The molecule has 2 heterocycles. The first-order valence-electron chi connectivity index (χ1n) is 5.18. The Kier molecular flexibility index (Phi) is 2.73. The molecule has 1 aliphatic rings. The normalized spacial score (nSPS) is 16.3. The van der Waals surface area contributed by atoms with Crippen molar-refractivity contribution in [2.45, 2.75) is 26.4 Å². The molecule has 0 unspecified atom stereocenters. The van der Waals surface area contributed by atoms with Gasteiger partial charge >= 0.3 is 5.97 Å². The van der Waals surface area contributed by atoms with Gasteiger partial charge in [0.15, 0.2) is 0 Å². The highest BCUT2D eigenvalue weighted by Gasteiger charge is 2.20. The fourth-order valence-corrected chi connectivity index (χ4v) is 1.97. The zero-order chi connectivity index (χ0) is 10.8. The van der Waals surface area contributed by atoms with E-state index in [-0.39, 0.29) is 6.54 Å². The lowest BCUT2D eigenvalue weighted by Gasteiger charge is -2.26. The molecule has 0 saturated carbocycles. The van der Waals surface area contributed by atoms with Gasteiger partial charge in [0, 0.05) is 13.1 Å². The van der Waals surface area contributed by atoms with Crippen LogP contribution in [0.2, 0.25) is 0 Å². The van der Waals surface area contributed by atoms with Crippen molar-refractivity contribution in [3.8, 4) is 0 Å². The number of aromatic nitrogens is 2. The highest BCUT2D eigenvalue weighted by molar-refractivity contribution is 5.69. The molecule has 5 nitrogen and oxygen atoms in total. The van der Waals surface area contributed by atoms with Crippen LogP contribution in [0.5, 0.6) is 0 Å². The van der Waals surface area contributed by atoms with Crippen LogP contribution in [0.15, 0.2) is 6.20 Å². The second kappa shape index (κ2) is 4.02. The van der Waals surface area contributed by atoms with Crippen LogP contribution in [0.1, 0.15) is 18.2 Å². The molecule has 0 fully saturated rings. The Labute approximate surface area is 88.3 Å². The van der Waals surface area contributed by atoms with E-state index in [0.29, 0.717) is 6.54 Å². The molecule has 0 aromatic carbocycles. The minimum absolute atomic E-state index is 0.119. The Morgan fingerprint density at radius 1 is 1.60 bits per heavy atom. The molecule has 0 saturated heterocycles. The summed E-state index contributed by atoms with van der Waals surface area (Å²) in [5.74, 6) is -0.763. The molecular formula is C10H15N3O2. The Morgan fingerprint density at radius 2 is 2.40 bits per heavy atom. The minimum atomic E-state index is -0.763. The van der Waals surface area contributed by atoms with Crippen LogP contribution in [0.25, 0.3) is 0 Å². The molecule has 82 valence electrons. The standard InChI is InChI=1S/C10H15N3O2/c1-2-8-5-11-13-4-3-12(6-9(8)13)7-10(14)15/h5H,2-4,6-7H2,1H3,(H,14,15). The topological polar surface area (TPSA) is 58.4 Å². The summed E-state index contributed by atoms with van der Waals surface area (Å²) < 4.78 is 1.98. The first kappa shape index (κ1) is 10.2. The summed E-state index contributed by atoms with van der Waals surface area (Å²) >= 11 is 0. The van der Waals surface area contributed by atoms with Crippen LogP contribution in [-0.2, 0) is 24.3 Å². The van der Waals surface area contributed by atoms with Crippen molar-refractivity contribution >= 4 is 5.97 Å². The van der Waals surface area contributed by atoms with Gasteiger partial charge in [-0.25, -0.2) is 0 Å². The number of carboxylic acids is 1. The van der Waals surface area contributed by atoms with Crippen molar-refractivity contribution in [2.75, 3.05) is 13.1 Å². The first-order chi connectivity index (χ1) is 7.20. The molecule has 0 amide bonds. The largest absolute Gasteiger partial charge is 0.480 e. The number of carbonyl (C=O) groups is 1. The van der Waals surface area contributed by atoms with Crippen LogP contribution in [0.3, 0.4) is 0 Å². The average Bonchev–Trinajstić information content (AvgIpc) is 2.59. The van der Waals surface area contributed by atoms with E-state index in [1.165, 1.54) is 11.3 Å². The van der Waals surface area contributed by atoms with Crippen LogP contribution in [-0.4, -0.2) is 38.8 Å². The molecule has 2 rings (SSSR count). The maximum Gasteiger partial charge on any atom is 0.317 e. The lowest BCUT2D eigenvalue weighted by Crippen LogP contribution is -2.37. The van der Waals surface area contributed by atoms with Crippen molar-refractivity contribution in [1.82, 2.24) is 14.7 Å². The number of rotatable bonds is 3. The van der Waals surface area contributed by atoms with E-state index < -0.39 is 5.97 Å². The van der Waals surface area contributed by atoms with E-state index in [0.717, 1.165) is 19.5 Å². The van der Waals surface area contributed by atoms with E-state index in [2.05, 4.69) is 12.0 Å². The summed E-state index contributed by atoms with van der Waals surface area (Å²) in [6.07, 6.45) is 2.84. The first-order valence-corrected chi connectivity index (χ1v) is 5.18. The zero-order valence-electron chi connectivity index (χ0n) is 8.81. The van der Waals surface area contributed by atoms with E-state index in [4.69, 9.17) is 5.11 Å². The Hall–Kier alpha value is -1.36. The van der Waals surface area contributed by atoms with Gasteiger partial charge in [-0.15, -0.1) is 0 Å². The molecule has 0 spiro atoms. The van der Waals surface area contributed by atoms with E-state index in [1.54, 1.807) is 0 Å². The monoisotopic (exact) mass is 209 g/mol. The van der Waals surface area contributed by atoms with Crippen molar-refractivity contribution in [3.63, 3.8) is 0 Å². The zero-order valence-corrected chi connectivity index (χ0v) is 8.81. The third kappa shape index (κ3) is 2.02. The molecular weight excluding hydrogens is 194 g/mol. The lowest BCUT2D eigenvalue weighted by atomic mass is 10.1. The molecule has 1 aromatic heterocycles. The predicted molar refractivity (Wildman–Crippen MR) is 54.5 cm³/mol. The number of aliphatic carboxylic acids is 1. The Morgan fingerprint density at radius 3 is 3.07 bits per heavy atom. The lowest BCUT2D eigenvalue weighted by molar-refractivity contribution is -0.138. The van der Waals surface area contributed by atoms with Crippen molar-refractivity contribution in [2.24, 2.45) is 0 Å². The summed E-state index contributed by atoms with van der Waals surface area (Å²) in [6.45, 7) is 4.48. The van der Waals surface area contributed by atoms with Crippen LogP contribution >= 0.6 is 0 Å². The molecule has 0 aliphatic carbocycles. The number of hydrogen-bond acceptors (Lipinski definition) is 3. The second-order valence-corrected chi connectivity index (χ2v) is 3.80. The molecule has 0 bridgehead atoms. The third-order valence-corrected chi connectivity index (χ3v) is 2.78. The van der Waals surface area contributed by atoms with Gasteiger partial charge in [0.25, 0.3) is 0 Å². The maximum absolute atomic E-state index is 10.6. The molecule has 1 N–H and O–H groups in total.